The SMILES string of the molecule is C=C(OCC(=O)CCN(C)C)C(CCC)[C@@H](CC)CC(=O)OCC(COCCCCCCCCC1C[C@@H]1CCCCCCCC)OCCCCCCCCC1CC1CCCCCCCC. The van der Waals surface area contributed by atoms with Crippen molar-refractivity contribution in [2.24, 2.45) is 35.5 Å². The number of carbonyl (C=O) groups is 2. The summed E-state index contributed by atoms with van der Waals surface area (Å²) in [7, 11) is 3.92. The maximum atomic E-state index is 13.3. The van der Waals surface area contributed by atoms with Crippen LogP contribution in [0, 0.1) is 35.5 Å². The molecule has 0 aliphatic heterocycles. The van der Waals surface area contributed by atoms with Crippen molar-refractivity contribution in [2.75, 3.05) is 53.7 Å². The van der Waals surface area contributed by atoms with E-state index in [0.29, 0.717) is 38.4 Å². The number of Topliss-reactive ketones (excluding diaryl/α,β-unsaturated/α-hetero) is 1. The van der Waals surface area contributed by atoms with E-state index in [1.807, 2.05) is 19.0 Å². The lowest BCUT2D eigenvalue weighted by atomic mass is 9.83. The number of hydrogen-bond donors (Lipinski definition) is 0. The number of allylic oxidation sites excluding steroid dienone is 1. The number of carbonyl (C=O) groups excluding carboxylic acids is 2. The number of esters is 1. The van der Waals surface area contributed by atoms with E-state index >= 15 is 0 Å². The highest BCUT2D eigenvalue weighted by atomic mass is 16.6. The first-order valence-electron chi connectivity index (χ1n) is 28.5. The Morgan fingerprint density at radius 2 is 1.03 bits per heavy atom. The van der Waals surface area contributed by atoms with Crippen molar-refractivity contribution < 1.29 is 28.5 Å². The molecule has 0 saturated heterocycles. The molecule has 0 aromatic rings. The number of unbranched alkanes of at least 4 members (excludes halogenated alkanes) is 20. The maximum absolute atomic E-state index is 13.3. The Balaban J connectivity index is 1.67. The van der Waals surface area contributed by atoms with Crippen molar-refractivity contribution in [3.63, 3.8) is 0 Å². The molecule has 0 amide bonds. The minimum Gasteiger partial charge on any atom is -0.491 e. The lowest BCUT2D eigenvalue weighted by Gasteiger charge is -2.27. The zero-order valence-electron chi connectivity index (χ0n) is 44.1. The van der Waals surface area contributed by atoms with Crippen LogP contribution < -0.4 is 0 Å². The fourth-order valence-electron chi connectivity index (χ4n) is 10.3. The lowest BCUT2D eigenvalue weighted by Crippen LogP contribution is -2.29. The van der Waals surface area contributed by atoms with Gasteiger partial charge in [-0.25, -0.2) is 0 Å². The van der Waals surface area contributed by atoms with E-state index in [0.717, 1.165) is 62.4 Å². The van der Waals surface area contributed by atoms with Gasteiger partial charge in [0, 0.05) is 38.5 Å². The van der Waals surface area contributed by atoms with Gasteiger partial charge in [-0.2, -0.15) is 0 Å². The molecule has 2 fully saturated rings. The van der Waals surface area contributed by atoms with Crippen molar-refractivity contribution >= 4 is 11.8 Å². The molecule has 2 aliphatic rings. The normalized spacial score (nSPS) is 19.3. The van der Waals surface area contributed by atoms with Crippen molar-refractivity contribution in [1.29, 1.82) is 0 Å². The highest BCUT2D eigenvalue weighted by molar-refractivity contribution is 5.79. The van der Waals surface area contributed by atoms with E-state index < -0.39 is 0 Å². The van der Waals surface area contributed by atoms with Gasteiger partial charge in [-0.05, 0) is 75.8 Å². The van der Waals surface area contributed by atoms with E-state index in [1.54, 1.807) is 0 Å². The molecule has 0 aromatic carbocycles. The first kappa shape index (κ1) is 59.7. The van der Waals surface area contributed by atoms with Crippen molar-refractivity contribution in [3.8, 4) is 0 Å². The van der Waals surface area contributed by atoms with Crippen LogP contribution >= 0.6 is 0 Å². The summed E-state index contributed by atoms with van der Waals surface area (Å²) in [4.78, 5) is 27.7. The van der Waals surface area contributed by atoms with E-state index in [-0.39, 0.29) is 42.9 Å². The van der Waals surface area contributed by atoms with Gasteiger partial charge in [0.05, 0.1) is 12.4 Å². The van der Waals surface area contributed by atoms with Crippen LogP contribution in [-0.2, 0) is 28.5 Å². The van der Waals surface area contributed by atoms with Crippen molar-refractivity contribution in [2.45, 2.75) is 259 Å². The van der Waals surface area contributed by atoms with Gasteiger partial charge >= 0.3 is 5.97 Å². The fraction of sp³-hybridized carbons (Fsp3) is 0.931. The Morgan fingerprint density at radius 1 is 0.569 bits per heavy atom. The molecular weight excluding hydrogens is 807 g/mol. The standard InChI is InChI=1S/C58H109NO6/c1-8-12-14-16-22-28-35-51-43-53(51)37-30-24-18-20-26-32-41-62-47-56(63-42-33-27-21-19-25-31-38-54-44-52(54)36-29-23-17-15-13-9-2)48-65-58(61)45-50(11-4)57(34-10-3)49(5)64-46-55(60)39-40-59(6)7/h50-54,56-57H,5,8-48H2,1-4,6-7H3/t50-,51-,52?,53?,54?,56?,57?/m0/s1. The van der Waals surface area contributed by atoms with Gasteiger partial charge in [0.2, 0.25) is 0 Å². The first-order chi connectivity index (χ1) is 31.7. The Bertz CT molecular complexity index is 1140. The number of nitrogens with zero attached hydrogens (tertiary/aromatic N) is 1. The second-order valence-corrected chi connectivity index (χ2v) is 21.3. The highest BCUT2D eigenvalue weighted by Gasteiger charge is 2.36. The van der Waals surface area contributed by atoms with E-state index in [1.165, 1.54) is 180 Å². The quantitative estimate of drug-likeness (QED) is 0.0342. The average molecular weight is 917 g/mol. The smallest absolute Gasteiger partial charge is 0.306 e. The Morgan fingerprint density at radius 3 is 1.49 bits per heavy atom. The zero-order chi connectivity index (χ0) is 47.2. The largest absolute Gasteiger partial charge is 0.491 e. The summed E-state index contributed by atoms with van der Waals surface area (Å²) < 4.78 is 24.4. The summed E-state index contributed by atoms with van der Waals surface area (Å²) in [6.07, 6.45) is 44.3. The third kappa shape index (κ3) is 32.9. The Hall–Kier alpha value is -1.44. The molecule has 7 atom stereocenters. The molecule has 0 N–H and O–H groups in total. The molecule has 7 heteroatoms. The van der Waals surface area contributed by atoms with Gasteiger partial charge in [0.1, 0.15) is 19.3 Å². The number of rotatable bonds is 50. The highest BCUT2D eigenvalue weighted by Crippen LogP contribution is 2.46. The molecule has 382 valence electrons. The summed E-state index contributed by atoms with van der Waals surface area (Å²) in [5, 5.41) is 0. The Labute approximate surface area is 403 Å². The van der Waals surface area contributed by atoms with Crippen LogP contribution in [0.3, 0.4) is 0 Å². The molecule has 5 unspecified atom stereocenters. The summed E-state index contributed by atoms with van der Waals surface area (Å²) in [5.74, 6) is 4.66. The maximum Gasteiger partial charge on any atom is 0.306 e. The molecule has 2 rings (SSSR count). The van der Waals surface area contributed by atoms with Crippen molar-refractivity contribution in [1.82, 2.24) is 4.90 Å². The van der Waals surface area contributed by atoms with Crippen LogP contribution in [0.4, 0.5) is 0 Å². The minimum absolute atomic E-state index is 0.000350. The third-order valence-electron chi connectivity index (χ3n) is 15.0. The van der Waals surface area contributed by atoms with Crippen LogP contribution in [0.5, 0.6) is 0 Å². The van der Waals surface area contributed by atoms with Crippen LogP contribution in [-0.4, -0.2) is 76.4 Å². The predicted molar refractivity (Wildman–Crippen MR) is 275 cm³/mol. The number of hydrogen-bond acceptors (Lipinski definition) is 7. The Kier molecular flexibility index (Phi) is 37.1. The first-order valence-corrected chi connectivity index (χ1v) is 28.5. The molecular formula is C58H109NO6. The van der Waals surface area contributed by atoms with Gasteiger partial charge in [-0.3, -0.25) is 9.59 Å². The molecule has 0 spiro atoms. The van der Waals surface area contributed by atoms with Gasteiger partial charge in [0.25, 0.3) is 0 Å². The summed E-state index contributed by atoms with van der Waals surface area (Å²) in [6, 6.07) is 0. The van der Waals surface area contributed by atoms with E-state index in [9.17, 15) is 9.59 Å². The van der Waals surface area contributed by atoms with E-state index in [4.69, 9.17) is 18.9 Å². The third-order valence-corrected chi connectivity index (χ3v) is 15.0. The van der Waals surface area contributed by atoms with Gasteiger partial charge in [0.15, 0.2) is 5.78 Å². The fourth-order valence-corrected chi connectivity index (χ4v) is 10.3. The monoisotopic (exact) mass is 916 g/mol. The molecule has 0 aromatic heterocycles. The van der Waals surface area contributed by atoms with Crippen LogP contribution in [0.2, 0.25) is 0 Å². The van der Waals surface area contributed by atoms with Crippen LogP contribution in [0.15, 0.2) is 12.3 Å². The van der Waals surface area contributed by atoms with Crippen LogP contribution in [0.25, 0.3) is 0 Å². The summed E-state index contributed by atoms with van der Waals surface area (Å²) >= 11 is 0. The topological polar surface area (TPSA) is 74.3 Å². The van der Waals surface area contributed by atoms with Gasteiger partial charge in [-0.1, -0.05) is 214 Å². The molecule has 0 bridgehead atoms. The van der Waals surface area contributed by atoms with Gasteiger partial charge in [-0.15, -0.1) is 0 Å². The second-order valence-electron chi connectivity index (χ2n) is 21.3. The summed E-state index contributed by atoms with van der Waals surface area (Å²) in [6.45, 7) is 15.9. The number of ketones is 1. The van der Waals surface area contributed by atoms with Crippen molar-refractivity contribution in [3.05, 3.63) is 12.3 Å². The predicted octanol–water partition coefficient (Wildman–Crippen LogP) is 16.0. The lowest BCUT2D eigenvalue weighted by molar-refractivity contribution is -0.151. The number of ether oxygens (including phenoxy) is 4. The average Bonchev–Trinajstić information content (AvgIpc) is 4.24. The van der Waals surface area contributed by atoms with Crippen LogP contribution in [0.1, 0.15) is 252 Å². The molecule has 65 heavy (non-hydrogen) atoms. The molecule has 0 heterocycles. The second kappa shape index (κ2) is 40.4. The zero-order valence-corrected chi connectivity index (χ0v) is 44.1. The molecule has 7 nitrogen and oxygen atoms in total. The molecule has 0 radical (unpaired) electrons. The molecule has 2 saturated carbocycles. The molecule has 2 aliphatic carbocycles. The summed E-state index contributed by atoms with van der Waals surface area (Å²) in [5.41, 5.74) is 0. The minimum atomic E-state index is -0.257. The van der Waals surface area contributed by atoms with Gasteiger partial charge < -0.3 is 23.8 Å². The van der Waals surface area contributed by atoms with E-state index in [2.05, 4.69) is 34.3 Å².